The quantitative estimate of drug-likeness (QED) is 0.620. The molecule has 1 aromatic rings. The Morgan fingerprint density at radius 3 is 2.61 bits per heavy atom. The van der Waals surface area contributed by atoms with Crippen LogP contribution in [0.3, 0.4) is 0 Å². The van der Waals surface area contributed by atoms with Gasteiger partial charge < -0.3 is 10.4 Å². The minimum absolute atomic E-state index is 0.0242. The van der Waals surface area contributed by atoms with Gasteiger partial charge in [-0.25, -0.2) is 4.79 Å². The first-order valence-corrected chi connectivity index (χ1v) is 5.57. The number of carboxylic acid groups (broad SMARTS) is 1. The number of aliphatic carboxylic acids is 1. The summed E-state index contributed by atoms with van der Waals surface area (Å²) in [5.41, 5.74) is -0.261. The van der Waals surface area contributed by atoms with Crippen molar-refractivity contribution in [3.05, 3.63) is 33.9 Å². The number of nitrogens with zero attached hydrogens (tertiary/aromatic N) is 1. The molecule has 0 aliphatic carbocycles. The molecule has 0 heterocycles. The molecule has 0 fully saturated rings. The summed E-state index contributed by atoms with van der Waals surface area (Å²) in [4.78, 5) is 21.5. The van der Waals surface area contributed by atoms with E-state index < -0.39 is 16.4 Å². The zero-order chi connectivity index (χ0) is 13.9. The van der Waals surface area contributed by atoms with Crippen molar-refractivity contribution in [3.63, 3.8) is 0 Å². The van der Waals surface area contributed by atoms with Crippen LogP contribution < -0.4 is 5.32 Å². The molecule has 6 heteroatoms. The summed E-state index contributed by atoms with van der Waals surface area (Å²) in [7, 11) is 0. The van der Waals surface area contributed by atoms with E-state index >= 15 is 0 Å². The molecule has 0 aromatic heterocycles. The number of nitrogens with one attached hydrogen (secondary N) is 1. The number of nitro groups is 1. The molecular weight excluding hydrogens is 236 g/mol. The van der Waals surface area contributed by atoms with Crippen LogP contribution >= 0.6 is 0 Å². The van der Waals surface area contributed by atoms with Crippen LogP contribution in [-0.2, 0) is 4.79 Å². The number of rotatable bonds is 5. The van der Waals surface area contributed by atoms with Crippen LogP contribution in [0.5, 0.6) is 0 Å². The molecule has 18 heavy (non-hydrogen) atoms. The molecule has 1 atom stereocenters. The van der Waals surface area contributed by atoms with Crippen LogP contribution in [0.25, 0.3) is 0 Å². The molecule has 6 nitrogen and oxygen atoms in total. The highest BCUT2D eigenvalue weighted by Crippen LogP contribution is 2.28. The van der Waals surface area contributed by atoms with Crippen molar-refractivity contribution in [2.24, 2.45) is 0 Å². The average molecular weight is 252 g/mol. The van der Waals surface area contributed by atoms with Crippen molar-refractivity contribution in [2.75, 3.05) is 5.32 Å². The third kappa shape index (κ3) is 2.58. The average Bonchev–Trinajstić information content (AvgIpc) is 2.31. The molecule has 1 unspecified atom stereocenters. The molecule has 1 rings (SSSR count). The Hall–Kier alpha value is -2.11. The zero-order valence-corrected chi connectivity index (χ0v) is 10.6. The van der Waals surface area contributed by atoms with Gasteiger partial charge in [0.1, 0.15) is 5.54 Å². The van der Waals surface area contributed by atoms with E-state index in [-0.39, 0.29) is 5.69 Å². The largest absolute Gasteiger partial charge is 0.480 e. The molecule has 0 bridgehead atoms. The van der Waals surface area contributed by atoms with Crippen LogP contribution in [0.1, 0.15) is 25.8 Å². The van der Waals surface area contributed by atoms with Crippen molar-refractivity contribution in [2.45, 2.75) is 32.7 Å². The van der Waals surface area contributed by atoms with Crippen LogP contribution in [0.4, 0.5) is 11.4 Å². The first-order chi connectivity index (χ1) is 8.31. The summed E-state index contributed by atoms with van der Waals surface area (Å²) in [5.74, 6) is -0.990. The zero-order valence-electron chi connectivity index (χ0n) is 10.6. The molecule has 0 amide bonds. The maximum absolute atomic E-state index is 11.2. The third-order valence-corrected chi connectivity index (χ3v) is 3.09. The van der Waals surface area contributed by atoms with Crippen LogP contribution in [0.2, 0.25) is 0 Å². The normalized spacial score (nSPS) is 13.7. The van der Waals surface area contributed by atoms with Gasteiger partial charge in [0.25, 0.3) is 5.69 Å². The predicted octanol–water partition coefficient (Wildman–Crippen LogP) is 2.57. The highest BCUT2D eigenvalue weighted by atomic mass is 16.6. The Bertz CT molecular complexity index is 487. The van der Waals surface area contributed by atoms with Crippen molar-refractivity contribution in [3.8, 4) is 0 Å². The van der Waals surface area contributed by atoms with Crippen LogP contribution in [-0.4, -0.2) is 21.5 Å². The van der Waals surface area contributed by atoms with Gasteiger partial charge >= 0.3 is 5.97 Å². The van der Waals surface area contributed by atoms with Gasteiger partial charge in [0, 0.05) is 17.3 Å². The Morgan fingerprint density at radius 1 is 1.56 bits per heavy atom. The number of anilines is 1. The summed E-state index contributed by atoms with van der Waals surface area (Å²) < 4.78 is 0. The van der Waals surface area contributed by atoms with E-state index in [4.69, 9.17) is 5.11 Å². The lowest BCUT2D eigenvalue weighted by Gasteiger charge is -2.26. The van der Waals surface area contributed by atoms with E-state index in [1.165, 1.54) is 12.1 Å². The minimum Gasteiger partial charge on any atom is -0.480 e. The van der Waals surface area contributed by atoms with Gasteiger partial charge in [-0.3, -0.25) is 10.1 Å². The maximum atomic E-state index is 11.2. The van der Waals surface area contributed by atoms with E-state index in [1.807, 2.05) is 0 Å². The monoisotopic (exact) mass is 252 g/mol. The molecule has 0 aliphatic rings. The van der Waals surface area contributed by atoms with Gasteiger partial charge in [-0.15, -0.1) is 0 Å². The second-order valence-corrected chi connectivity index (χ2v) is 4.32. The lowest BCUT2D eigenvalue weighted by molar-refractivity contribution is -0.385. The van der Waals surface area contributed by atoms with Crippen molar-refractivity contribution < 1.29 is 14.8 Å². The van der Waals surface area contributed by atoms with Gasteiger partial charge in [-0.2, -0.15) is 0 Å². The van der Waals surface area contributed by atoms with Gasteiger partial charge in [0.05, 0.1) is 4.92 Å². The lowest BCUT2D eigenvalue weighted by atomic mass is 9.98. The van der Waals surface area contributed by atoms with Crippen molar-refractivity contribution in [1.82, 2.24) is 0 Å². The molecule has 0 radical (unpaired) electrons. The van der Waals surface area contributed by atoms with Crippen molar-refractivity contribution in [1.29, 1.82) is 0 Å². The summed E-state index contributed by atoms with van der Waals surface area (Å²) in [5, 5.41) is 22.8. The summed E-state index contributed by atoms with van der Waals surface area (Å²) >= 11 is 0. The molecule has 0 saturated carbocycles. The number of carboxylic acids is 1. The smallest absolute Gasteiger partial charge is 0.329 e. The van der Waals surface area contributed by atoms with E-state index in [0.29, 0.717) is 17.7 Å². The minimum atomic E-state index is -1.14. The summed E-state index contributed by atoms with van der Waals surface area (Å²) in [6.45, 7) is 4.89. The molecule has 0 saturated heterocycles. The molecule has 98 valence electrons. The molecule has 1 aromatic carbocycles. The Balaban J connectivity index is 3.16. The first kappa shape index (κ1) is 14.0. The molecule has 2 N–H and O–H groups in total. The van der Waals surface area contributed by atoms with E-state index in [9.17, 15) is 14.9 Å². The fourth-order valence-electron chi connectivity index (χ4n) is 1.55. The Labute approximate surface area is 105 Å². The number of nitro benzene ring substituents is 1. The van der Waals surface area contributed by atoms with Gasteiger partial charge in [0.2, 0.25) is 0 Å². The fraction of sp³-hybridized carbons (Fsp3) is 0.417. The van der Waals surface area contributed by atoms with Gasteiger partial charge in [0.15, 0.2) is 0 Å². The number of hydrogen-bond acceptors (Lipinski definition) is 4. The van der Waals surface area contributed by atoms with E-state index in [2.05, 4.69) is 5.32 Å². The van der Waals surface area contributed by atoms with Crippen LogP contribution in [0.15, 0.2) is 18.2 Å². The SMILES string of the molecule is CCC(C)(Nc1cccc([N+](=O)[O-])c1C)C(=O)O. The highest BCUT2D eigenvalue weighted by Gasteiger charge is 2.31. The highest BCUT2D eigenvalue weighted by molar-refractivity contribution is 5.83. The topological polar surface area (TPSA) is 92.5 Å². The maximum Gasteiger partial charge on any atom is 0.329 e. The number of hydrogen-bond donors (Lipinski definition) is 2. The number of carbonyl (C=O) groups is 1. The standard InChI is InChI=1S/C12H16N2O4/c1-4-12(3,11(15)16)13-9-6-5-7-10(8(9)2)14(17)18/h5-7,13H,4H2,1-3H3,(H,15,16). The Morgan fingerprint density at radius 2 is 2.17 bits per heavy atom. The van der Waals surface area contributed by atoms with E-state index in [0.717, 1.165) is 0 Å². The van der Waals surface area contributed by atoms with Crippen molar-refractivity contribution >= 4 is 17.3 Å². The van der Waals surface area contributed by atoms with E-state index in [1.54, 1.807) is 26.8 Å². The summed E-state index contributed by atoms with van der Waals surface area (Å²) in [6, 6.07) is 4.56. The van der Waals surface area contributed by atoms with Crippen LogP contribution in [0, 0.1) is 17.0 Å². The lowest BCUT2D eigenvalue weighted by Crippen LogP contribution is -2.42. The Kier molecular flexibility index (Phi) is 3.90. The molecule has 0 aliphatic heterocycles. The third-order valence-electron chi connectivity index (χ3n) is 3.09. The summed E-state index contributed by atoms with van der Waals surface area (Å²) in [6.07, 6.45) is 0.366. The molecular formula is C12H16N2O4. The van der Waals surface area contributed by atoms with Gasteiger partial charge in [-0.1, -0.05) is 13.0 Å². The van der Waals surface area contributed by atoms with Gasteiger partial charge in [-0.05, 0) is 26.3 Å². The number of benzene rings is 1. The predicted molar refractivity (Wildman–Crippen MR) is 67.8 cm³/mol. The first-order valence-electron chi connectivity index (χ1n) is 5.57. The molecule has 0 spiro atoms. The fourth-order valence-corrected chi connectivity index (χ4v) is 1.55. The second-order valence-electron chi connectivity index (χ2n) is 4.32. The second kappa shape index (κ2) is 5.03.